The Labute approximate surface area is 102 Å². The van der Waals surface area contributed by atoms with Crippen LogP contribution < -0.4 is 0 Å². The lowest BCUT2D eigenvalue weighted by atomic mass is 10.2. The molecule has 0 bridgehead atoms. The van der Waals surface area contributed by atoms with Gasteiger partial charge in [0.05, 0.1) is 4.90 Å². The number of hydrogen-bond donors (Lipinski definition) is 0. The largest absolute Gasteiger partial charge is 0.267 e. The second kappa shape index (κ2) is 4.37. The molecule has 17 heavy (non-hydrogen) atoms. The monoisotopic (exact) mass is 249 g/mol. The fourth-order valence-corrected chi connectivity index (χ4v) is 3.17. The van der Waals surface area contributed by atoms with Crippen LogP contribution in [0.4, 0.5) is 0 Å². The van der Waals surface area contributed by atoms with E-state index in [1.165, 1.54) is 3.97 Å². The van der Waals surface area contributed by atoms with Crippen molar-refractivity contribution in [1.29, 1.82) is 0 Å². The average Bonchev–Trinajstić information content (AvgIpc) is 2.78. The van der Waals surface area contributed by atoms with Gasteiger partial charge < -0.3 is 0 Å². The number of nitrogens with zero attached hydrogens (tertiary/aromatic N) is 1. The molecule has 0 unspecified atom stereocenters. The van der Waals surface area contributed by atoms with Crippen LogP contribution in [0.25, 0.3) is 0 Å². The summed E-state index contributed by atoms with van der Waals surface area (Å²) in [5, 5.41) is 0. The van der Waals surface area contributed by atoms with Gasteiger partial charge in [0.1, 0.15) is 0 Å². The molecule has 0 fully saturated rings. The first-order chi connectivity index (χ1) is 8.05. The molecule has 0 aliphatic carbocycles. The van der Waals surface area contributed by atoms with Gasteiger partial charge in [-0.25, -0.2) is 12.4 Å². The smallest absolute Gasteiger partial charge is 0.246 e. The zero-order valence-corrected chi connectivity index (χ0v) is 10.7. The molecule has 0 aliphatic rings. The number of rotatable bonds is 3. The van der Waals surface area contributed by atoms with Gasteiger partial charge in [0.25, 0.3) is 10.0 Å². The van der Waals surface area contributed by atoms with E-state index in [4.69, 9.17) is 0 Å². The van der Waals surface area contributed by atoms with Crippen molar-refractivity contribution in [3.05, 3.63) is 53.9 Å². The van der Waals surface area contributed by atoms with Crippen molar-refractivity contribution in [3.63, 3.8) is 0 Å². The molecule has 0 saturated carbocycles. The Balaban J connectivity index is 2.54. The molecular formula is C13H15NO2S. The second-order valence-corrected chi connectivity index (χ2v) is 5.78. The molecule has 90 valence electrons. The van der Waals surface area contributed by atoms with Gasteiger partial charge in [0.15, 0.2) is 0 Å². The van der Waals surface area contributed by atoms with E-state index in [9.17, 15) is 8.42 Å². The van der Waals surface area contributed by atoms with Gasteiger partial charge >= 0.3 is 0 Å². The molecule has 2 rings (SSSR count). The molecule has 2 aromatic rings. The first kappa shape index (κ1) is 11.9. The van der Waals surface area contributed by atoms with Gasteiger partial charge in [-0.15, -0.1) is 0 Å². The first-order valence-electron chi connectivity index (χ1n) is 5.54. The van der Waals surface area contributed by atoms with E-state index in [0.717, 1.165) is 11.3 Å². The third-order valence-electron chi connectivity index (χ3n) is 2.73. The Kier molecular flexibility index (Phi) is 3.07. The lowest BCUT2D eigenvalue weighted by Gasteiger charge is -2.09. The standard InChI is InChI=1S/C13H15NO2S/c1-3-12-5-4-10-14(12)17(15,16)13-8-6-11(2)7-9-13/h4-10H,3H2,1-2H3. The van der Waals surface area contributed by atoms with Gasteiger partial charge in [0, 0.05) is 11.9 Å². The molecule has 0 radical (unpaired) electrons. The normalized spacial score (nSPS) is 11.6. The fourth-order valence-electron chi connectivity index (χ4n) is 1.73. The molecule has 1 aromatic heterocycles. The Bertz CT molecular complexity index is 609. The summed E-state index contributed by atoms with van der Waals surface area (Å²) in [7, 11) is -3.44. The van der Waals surface area contributed by atoms with E-state index in [1.54, 1.807) is 24.4 Å². The minimum absolute atomic E-state index is 0.328. The molecule has 0 aliphatic heterocycles. The van der Waals surface area contributed by atoms with Crippen LogP contribution in [-0.2, 0) is 16.4 Å². The highest BCUT2D eigenvalue weighted by molar-refractivity contribution is 7.90. The van der Waals surface area contributed by atoms with Crippen LogP contribution in [-0.4, -0.2) is 12.4 Å². The molecule has 1 heterocycles. The summed E-state index contributed by atoms with van der Waals surface area (Å²) in [5.41, 5.74) is 1.85. The molecular weight excluding hydrogens is 234 g/mol. The highest BCUT2D eigenvalue weighted by Gasteiger charge is 2.17. The molecule has 0 atom stereocenters. The van der Waals surface area contributed by atoms with E-state index in [0.29, 0.717) is 11.3 Å². The SMILES string of the molecule is CCc1cccn1S(=O)(=O)c1ccc(C)cc1. The lowest BCUT2D eigenvalue weighted by Crippen LogP contribution is -2.14. The predicted molar refractivity (Wildman–Crippen MR) is 67.6 cm³/mol. The van der Waals surface area contributed by atoms with E-state index < -0.39 is 10.0 Å². The quantitative estimate of drug-likeness (QED) is 0.838. The van der Waals surface area contributed by atoms with Crippen LogP contribution in [0.2, 0.25) is 0 Å². The zero-order chi connectivity index (χ0) is 12.5. The Morgan fingerprint density at radius 1 is 1.12 bits per heavy atom. The van der Waals surface area contributed by atoms with Crippen molar-refractivity contribution in [2.75, 3.05) is 0 Å². The number of aromatic nitrogens is 1. The van der Waals surface area contributed by atoms with Gasteiger partial charge in [-0.05, 0) is 37.6 Å². The maximum absolute atomic E-state index is 12.3. The second-order valence-electron chi connectivity index (χ2n) is 3.97. The van der Waals surface area contributed by atoms with Crippen LogP contribution in [0, 0.1) is 6.92 Å². The van der Waals surface area contributed by atoms with Crippen LogP contribution >= 0.6 is 0 Å². The van der Waals surface area contributed by atoms with Crippen LogP contribution in [0.1, 0.15) is 18.2 Å². The van der Waals surface area contributed by atoms with Gasteiger partial charge in [-0.3, -0.25) is 0 Å². The van der Waals surface area contributed by atoms with Crippen molar-refractivity contribution < 1.29 is 8.42 Å². The highest BCUT2D eigenvalue weighted by atomic mass is 32.2. The average molecular weight is 249 g/mol. The van der Waals surface area contributed by atoms with Crippen molar-refractivity contribution in [1.82, 2.24) is 3.97 Å². The molecule has 0 amide bonds. The van der Waals surface area contributed by atoms with Crippen molar-refractivity contribution in [2.24, 2.45) is 0 Å². The Morgan fingerprint density at radius 3 is 2.35 bits per heavy atom. The minimum Gasteiger partial charge on any atom is -0.246 e. The Hall–Kier alpha value is -1.55. The molecule has 1 aromatic carbocycles. The number of aryl methyl sites for hydroxylation is 2. The summed E-state index contributed by atoms with van der Waals surface area (Å²) < 4.78 is 26.0. The van der Waals surface area contributed by atoms with E-state index >= 15 is 0 Å². The van der Waals surface area contributed by atoms with E-state index in [2.05, 4.69) is 0 Å². The zero-order valence-electron chi connectivity index (χ0n) is 9.92. The Morgan fingerprint density at radius 2 is 1.76 bits per heavy atom. The van der Waals surface area contributed by atoms with Crippen LogP contribution in [0.3, 0.4) is 0 Å². The summed E-state index contributed by atoms with van der Waals surface area (Å²) in [5.74, 6) is 0. The summed E-state index contributed by atoms with van der Waals surface area (Å²) in [4.78, 5) is 0.328. The molecule has 0 spiro atoms. The summed E-state index contributed by atoms with van der Waals surface area (Å²) >= 11 is 0. The van der Waals surface area contributed by atoms with Gasteiger partial charge in [0.2, 0.25) is 0 Å². The lowest BCUT2D eigenvalue weighted by molar-refractivity contribution is 0.585. The van der Waals surface area contributed by atoms with Crippen molar-refractivity contribution >= 4 is 10.0 Å². The first-order valence-corrected chi connectivity index (χ1v) is 6.98. The molecule has 4 heteroatoms. The molecule has 0 N–H and O–H groups in total. The minimum atomic E-state index is -3.44. The summed E-state index contributed by atoms with van der Waals surface area (Å²) in [6.07, 6.45) is 2.28. The number of hydrogen-bond acceptors (Lipinski definition) is 2. The van der Waals surface area contributed by atoms with Crippen molar-refractivity contribution in [3.8, 4) is 0 Å². The predicted octanol–water partition coefficient (Wildman–Crippen LogP) is 2.60. The van der Waals surface area contributed by atoms with Crippen LogP contribution in [0.15, 0.2) is 47.5 Å². The molecule has 3 nitrogen and oxygen atoms in total. The van der Waals surface area contributed by atoms with Crippen LogP contribution in [0.5, 0.6) is 0 Å². The van der Waals surface area contributed by atoms with Gasteiger partial charge in [-0.2, -0.15) is 0 Å². The highest BCUT2D eigenvalue weighted by Crippen LogP contribution is 2.17. The fraction of sp³-hybridized carbons (Fsp3) is 0.231. The maximum Gasteiger partial charge on any atom is 0.267 e. The third-order valence-corrected chi connectivity index (χ3v) is 4.48. The summed E-state index contributed by atoms with van der Waals surface area (Å²) in [6.45, 7) is 3.88. The van der Waals surface area contributed by atoms with E-state index in [-0.39, 0.29) is 0 Å². The van der Waals surface area contributed by atoms with Crippen molar-refractivity contribution in [2.45, 2.75) is 25.2 Å². The molecule has 0 saturated heterocycles. The van der Waals surface area contributed by atoms with E-state index in [1.807, 2.05) is 32.0 Å². The topological polar surface area (TPSA) is 39.1 Å². The maximum atomic E-state index is 12.3. The summed E-state index contributed by atoms with van der Waals surface area (Å²) in [6, 6.07) is 10.5. The van der Waals surface area contributed by atoms with Gasteiger partial charge in [-0.1, -0.05) is 24.6 Å². The third kappa shape index (κ3) is 2.13. The number of benzene rings is 1.